The fourth-order valence-electron chi connectivity index (χ4n) is 3.13. The van der Waals surface area contributed by atoms with Crippen LogP contribution in [0.3, 0.4) is 0 Å². The summed E-state index contributed by atoms with van der Waals surface area (Å²) in [6.07, 6.45) is 0. The van der Waals surface area contributed by atoms with Crippen molar-refractivity contribution in [2.24, 2.45) is 0 Å². The Morgan fingerprint density at radius 2 is 2.00 bits per heavy atom. The lowest BCUT2D eigenvalue weighted by atomic mass is 10.1. The highest BCUT2D eigenvalue weighted by Crippen LogP contribution is 2.41. The van der Waals surface area contributed by atoms with Gasteiger partial charge in [0.15, 0.2) is 0 Å². The van der Waals surface area contributed by atoms with E-state index in [0.717, 1.165) is 10.8 Å². The first kappa shape index (κ1) is 21.5. The fraction of sp³-hybridized carbons (Fsp3) is 0.0952. The number of halogens is 1. The van der Waals surface area contributed by atoms with Crippen LogP contribution in [0, 0.1) is 17.0 Å². The third-order valence-corrected chi connectivity index (χ3v) is 5.99. The largest absolute Gasteiger partial charge is 0.465 e. The number of carbonyl (C=O) groups excluding carboxylic acids is 2. The zero-order chi connectivity index (χ0) is 23.0. The van der Waals surface area contributed by atoms with Gasteiger partial charge >= 0.3 is 5.97 Å². The molecule has 1 amide bonds. The Morgan fingerprint density at radius 3 is 2.69 bits per heavy atom. The van der Waals surface area contributed by atoms with E-state index in [2.05, 4.69) is 10.3 Å². The molecule has 2 aromatic heterocycles. The summed E-state index contributed by atoms with van der Waals surface area (Å²) >= 11 is 7.14. The van der Waals surface area contributed by atoms with Crippen molar-refractivity contribution in [1.29, 1.82) is 0 Å². The summed E-state index contributed by atoms with van der Waals surface area (Å²) in [5, 5.41) is 14.1. The van der Waals surface area contributed by atoms with Gasteiger partial charge in [0.1, 0.15) is 21.4 Å². The van der Waals surface area contributed by atoms with Crippen LogP contribution in [-0.4, -0.2) is 28.9 Å². The van der Waals surface area contributed by atoms with Crippen LogP contribution in [0.1, 0.15) is 26.5 Å². The van der Waals surface area contributed by atoms with Crippen molar-refractivity contribution in [1.82, 2.24) is 4.98 Å². The van der Waals surface area contributed by atoms with Crippen molar-refractivity contribution in [2.45, 2.75) is 6.92 Å². The lowest BCUT2D eigenvalue weighted by molar-refractivity contribution is -0.384. The van der Waals surface area contributed by atoms with Crippen LogP contribution in [0.4, 0.5) is 11.6 Å². The molecule has 0 bridgehead atoms. The van der Waals surface area contributed by atoms with Gasteiger partial charge in [-0.2, -0.15) is 0 Å². The molecule has 11 heteroatoms. The summed E-state index contributed by atoms with van der Waals surface area (Å²) in [6, 6.07) is 11.1. The Balaban J connectivity index is 1.81. The molecule has 0 spiro atoms. The summed E-state index contributed by atoms with van der Waals surface area (Å²) in [6.45, 7) is 1.56. The molecule has 4 aromatic rings. The average Bonchev–Trinajstić information content (AvgIpc) is 3.33. The van der Waals surface area contributed by atoms with Gasteiger partial charge in [-0.05, 0) is 31.2 Å². The minimum atomic E-state index is -0.683. The Labute approximate surface area is 189 Å². The second-order valence-corrected chi connectivity index (χ2v) is 8.03. The molecule has 0 aliphatic heterocycles. The van der Waals surface area contributed by atoms with Crippen molar-refractivity contribution < 1.29 is 23.7 Å². The van der Waals surface area contributed by atoms with Gasteiger partial charge in [0.2, 0.25) is 5.88 Å². The second kappa shape index (κ2) is 8.40. The maximum absolute atomic E-state index is 12.8. The number of aryl methyl sites for hydroxylation is 1. The molecule has 0 saturated carbocycles. The number of nitro benzene ring substituents is 1. The maximum Gasteiger partial charge on any atom is 0.342 e. The molecule has 2 aromatic carbocycles. The number of thiazole rings is 1. The number of anilines is 1. The summed E-state index contributed by atoms with van der Waals surface area (Å²) in [5.74, 6) is -1.13. The van der Waals surface area contributed by atoms with Crippen LogP contribution >= 0.6 is 22.9 Å². The molecule has 0 radical (unpaired) electrons. The summed E-state index contributed by atoms with van der Waals surface area (Å²) < 4.78 is 11.5. The number of nitrogens with zero attached hydrogens (tertiary/aromatic N) is 2. The number of hydrogen-bond donors (Lipinski definition) is 1. The monoisotopic (exact) mass is 471 g/mol. The van der Waals surface area contributed by atoms with Crippen LogP contribution in [0.2, 0.25) is 5.02 Å². The van der Waals surface area contributed by atoms with E-state index in [-0.39, 0.29) is 33.4 Å². The number of hydrogen-bond acceptors (Lipinski definition) is 8. The normalized spacial score (nSPS) is 10.8. The van der Waals surface area contributed by atoms with Crippen LogP contribution in [-0.2, 0) is 4.74 Å². The number of nitrogens with one attached hydrogen (secondary N) is 1. The van der Waals surface area contributed by atoms with E-state index in [0.29, 0.717) is 10.5 Å². The molecule has 0 fully saturated rings. The highest BCUT2D eigenvalue weighted by atomic mass is 35.5. The van der Waals surface area contributed by atoms with Crippen LogP contribution in [0.5, 0.6) is 0 Å². The van der Waals surface area contributed by atoms with Crippen molar-refractivity contribution >= 4 is 56.6 Å². The first-order chi connectivity index (χ1) is 15.3. The summed E-state index contributed by atoms with van der Waals surface area (Å²) in [7, 11) is 1.24. The molecule has 0 aliphatic carbocycles. The Bertz CT molecular complexity index is 1360. The predicted octanol–water partition coefficient (Wildman–Crippen LogP) is 5.47. The highest BCUT2D eigenvalue weighted by molar-refractivity contribution is 7.21. The molecule has 4 rings (SSSR count). The Morgan fingerprint density at radius 1 is 1.25 bits per heavy atom. The molecule has 0 unspecified atom stereocenters. The summed E-state index contributed by atoms with van der Waals surface area (Å²) in [5.41, 5.74) is 0.700. The van der Waals surface area contributed by atoms with Crippen molar-refractivity contribution in [3.8, 4) is 10.6 Å². The maximum atomic E-state index is 12.8. The number of amides is 1. The Hall–Kier alpha value is -3.76. The molecule has 0 atom stereocenters. The number of para-hydroxylation sites is 1. The lowest BCUT2D eigenvalue weighted by Gasteiger charge is -2.05. The quantitative estimate of drug-likeness (QED) is 0.232. The summed E-state index contributed by atoms with van der Waals surface area (Å²) in [4.78, 5) is 40.3. The van der Waals surface area contributed by atoms with Gasteiger partial charge in [-0.15, -0.1) is 11.3 Å². The topological polar surface area (TPSA) is 125 Å². The standard InChI is InChI=1S/C21H14ClN3O6S/c1-10-16(21(27)30-2)17(20-23-13-5-3-4-6-15(13)32-20)19(31-10)24-18(26)11-7-8-12(22)14(9-11)25(28)29/h3-9H,1-2H3,(H,24,26). The zero-order valence-corrected chi connectivity index (χ0v) is 18.2. The van der Waals surface area contributed by atoms with E-state index >= 15 is 0 Å². The first-order valence-corrected chi connectivity index (χ1v) is 10.3. The third kappa shape index (κ3) is 3.81. The van der Waals surface area contributed by atoms with Crippen molar-refractivity contribution in [3.63, 3.8) is 0 Å². The van der Waals surface area contributed by atoms with E-state index in [1.54, 1.807) is 6.92 Å². The SMILES string of the molecule is COC(=O)c1c(C)oc(NC(=O)c2ccc(Cl)c([N+](=O)[O-])c2)c1-c1nc2ccccc2s1. The number of rotatable bonds is 5. The van der Waals surface area contributed by atoms with E-state index < -0.39 is 22.5 Å². The Kier molecular flexibility index (Phi) is 5.64. The van der Waals surface area contributed by atoms with Gasteiger partial charge in [0, 0.05) is 11.6 Å². The predicted molar refractivity (Wildman–Crippen MR) is 119 cm³/mol. The minimum Gasteiger partial charge on any atom is -0.465 e. The molecule has 1 N–H and O–H groups in total. The average molecular weight is 472 g/mol. The van der Waals surface area contributed by atoms with E-state index in [1.807, 2.05) is 24.3 Å². The lowest BCUT2D eigenvalue weighted by Crippen LogP contribution is -2.13. The number of benzene rings is 2. The van der Waals surface area contributed by atoms with Gasteiger partial charge in [-0.3, -0.25) is 20.2 Å². The van der Waals surface area contributed by atoms with Gasteiger partial charge in [0.25, 0.3) is 11.6 Å². The van der Waals surface area contributed by atoms with Gasteiger partial charge in [0.05, 0.1) is 27.8 Å². The van der Waals surface area contributed by atoms with Crippen LogP contribution in [0.25, 0.3) is 20.8 Å². The molecular formula is C21H14ClN3O6S. The second-order valence-electron chi connectivity index (χ2n) is 6.59. The number of fused-ring (bicyclic) bond motifs is 1. The molecule has 162 valence electrons. The molecule has 9 nitrogen and oxygen atoms in total. The first-order valence-electron chi connectivity index (χ1n) is 9.13. The van der Waals surface area contributed by atoms with E-state index in [1.165, 1.54) is 30.6 Å². The number of esters is 1. The number of methoxy groups -OCH3 is 1. The van der Waals surface area contributed by atoms with Crippen molar-refractivity contribution in [3.05, 3.63) is 74.5 Å². The smallest absolute Gasteiger partial charge is 0.342 e. The highest BCUT2D eigenvalue weighted by Gasteiger charge is 2.29. The third-order valence-electron chi connectivity index (χ3n) is 4.61. The molecule has 0 aliphatic rings. The van der Waals surface area contributed by atoms with Gasteiger partial charge in [-0.1, -0.05) is 23.7 Å². The zero-order valence-electron chi connectivity index (χ0n) is 16.7. The number of carbonyl (C=O) groups is 2. The molecular weight excluding hydrogens is 458 g/mol. The number of nitro groups is 1. The number of aromatic nitrogens is 1. The fourth-order valence-corrected chi connectivity index (χ4v) is 4.33. The van der Waals surface area contributed by atoms with Gasteiger partial charge in [-0.25, -0.2) is 9.78 Å². The minimum absolute atomic E-state index is 0.00924. The van der Waals surface area contributed by atoms with Gasteiger partial charge < -0.3 is 9.15 Å². The van der Waals surface area contributed by atoms with E-state index in [4.69, 9.17) is 20.8 Å². The molecule has 0 saturated heterocycles. The molecule has 2 heterocycles. The number of ether oxygens (including phenoxy) is 1. The number of furan rings is 1. The van der Waals surface area contributed by atoms with E-state index in [9.17, 15) is 19.7 Å². The molecule has 32 heavy (non-hydrogen) atoms. The van der Waals surface area contributed by atoms with Crippen molar-refractivity contribution in [2.75, 3.05) is 12.4 Å². The van der Waals surface area contributed by atoms with Crippen LogP contribution < -0.4 is 5.32 Å². The van der Waals surface area contributed by atoms with Crippen LogP contribution in [0.15, 0.2) is 46.9 Å².